The maximum Gasteiger partial charge on any atom is 0.419 e. The van der Waals surface area contributed by atoms with Crippen LogP contribution in [0.25, 0.3) is 33.7 Å². The first-order valence-electron chi connectivity index (χ1n) is 10.5. The summed E-state index contributed by atoms with van der Waals surface area (Å²) in [4.78, 5) is 15.0. The number of hydrogen-bond acceptors (Lipinski definition) is 6. The van der Waals surface area contributed by atoms with Gasteiger partial charge in [-0.25, -0.2) is 0 Å². The Morgan fingerprint density at radius 3 is 2.65 bits per heavy atom. The van der Waals surface area contributed by atoms with E-state index in [4.69, 9.17) is 14.4 Å². The normalized spacial score (nSPS) is 11.9. The lowest BCUT2D eigenvalue weighted by Gasteiger charge is -2.16. The molecule has 0 radical (unpaired) electrons. The topological polar surface area (TPSA) is 103 Å². The van der Waals surface area contributed by atoms with Crippen LogP contribution < -0.4 is 4.74 Å². The summed E-state index contributed by atoms with van der Waals surface area (Å²) in [5.74, 6) is -0.972. The van der Waals surface area contributed by atoms with Crippen LogP contribution in [0.4, 0.5) is 13.2 Å². The molecule has 0 atom stereocenters. The number of aromatic nitrogens is 4. The average Bonchev–Trinajstić information content (AvgIpc) is 3.40. The standard InChI is InChI=1S/C23H21F3N4O4/c1-13(2)33-19-8-6-15(11-17(19)23(24,25)26)22-28-21(29-34-22)14-5-7-18-16(10-14)12-27-30(18)9-3-4-20(31)32/h5-8,10-13H,3-4,9H2,1-2H3,(H,31,32). The van der Waals surface area contributed by atoms with Gasteiger partial charge in [0.05, 0.1) is 23.4 Å². The number of carbonyl (C=O) groups is 1. The number of rotatable bonds is 8. The summed E-state index contributed by atoms with van der Waals surface area (Å²) < 4.78 is 52.9. The van der Waals surface area contributed by atoms with Gasteiger partial charge in [0.15, 0.2) is 0 Å². The minimum absolute atomic E-state index is 0.0473. The van der Waals surface area contributed by atoms with E-state index in [1.807, 2.05) is 0 Å². The maximum atomic E-state index is 13.5. The van der Waals surface area contributed by atoms with Crippen molar-refractivity contribution in [3.05, 3.63) is 48.2 Å². The Labute approximate surface area is 192 Å². The zero-order valence-corrected chi connectivity index (χ0v) is 18.3. The molecule has 34 heavy (non-hydrogen) atoms. The lowest BCUT2D eigenvalue weighted by Crippen LogP contribution is -2.13. The molecule has 4 aromatic rings. The van der Waals surface area contributed by atoms with Crippen LogP contribution >= 0.6 is 0 Å². The van der Waals surface area contributed by atoms with Crippen molar-refractivity contribution in [1.82, 2.24) is 19.9 Å². The van der Waals surface area contributed by atoms with Crippen LogP contribution in [0.3, 0.4) is 0 Å². The SMILES string of the molecule is CC(C)Oc1ccc(-c2nc(-c3ccc4c(cnn4CCCC(=O)O)c3)no2)cc1C(F)(F)F. The fourth-order valence-electron chi connectivity index (χ4n) is 3.48. The second-order valence-electron chi connectivity index (χ2n) is 7.94. The van der Waals surface area contributed by atoms with E-state index in [1.165, 1.54) is 12.1 Å². The van der Waals surface area contributed by atoms with Crippen LogP contribution in [0.5, 0.6) is 5.75 Å². The molecule has 0 unspecified atom stereocenters. The molecule has 8 nitrogen and oxygen atoms in total. The highest BCUT2D eigenvalue weighted by molar-refractivity contribution is 5.83. The van der Waals surface area contributed by atoms with Gasteiger partial charge in [0.25, 0.3) is 5.89 Å². The van der Waals surface area contributed by atoms with Gasteiger partial charge in [-0.1, -0.05) is 5.16 Å². The summed E-state index contributed by atoms with van der Waals surface area (Å²) in [6, 6.07) is 8.94. The van der Waals surface area contributed by atoms with Gasteiger partial charge < -0.3 is 14.4 Å². The van der Waals surface area contributed by atoms with Crippen molar-refractivity contribution in [3.8, 4) is 28.6 Å². The first-order valence-corrected chi connectivity index (χ1v) is 10.5. The van der Waals surface area contributed by atoms with E-state index in [0.29, 0.717) is 18.5 Å². The Bertz CT molecular complexity index is 1330. The number of aliphatic carboxylic acids is 1. The molecule has 0 fully saturated rings. The summed E-state index contributed by atoms with van der Waals surface area (Å²) in [7, 11) is 0. The molecule has 0 amide bonds. The Morgan fingerprint density at radius 2 is 1.94 bits per heavy atom. The quantitative estimate of drug-likeness (QED) is 0.363. The second-order valence-corrected chi connectivity index (χ2v) is 7.94. The second kappa shape index (κ2) is 9.16. The van der Waals surface area contributed by atoms with Gasteiger partial charge in [0, 0.05) is 29.5 Å². The van der Waals surface area contributed by atoms with Crippen molar-refractivity contribution in [2.24, 2.45) is 0 Å². The van der Waals surface area contributed by atoms with Gasteiger partial charge in [-0.2, -0.15) is 23.3 Å². The molecule has 11 heteroatoms. The molecular weight excluding hydrogens is 453 g/mol. The minimum atomic E-state index is -4.61. The van der Waals surface area contributed by atoms with Crippen molar-refractivity contribution in [2.75, 3.05) is 0 Å². The van der Waals surface area contributed by atoms with E-state index in [9.17, 15) is 18.0 Å². The molecule has 2 heterocycles. The number of fused-ring (bicyclic) bond motifs is 1. The maximum absolute atomic E-state index is 13.5. The van der Waals surface area contributed by atoms with Gasteiger partial charge in [-0.15, -0.1) is 0 Å². The van der Waals surface area contributed by atoms with Crippen LogP contribution in [0.1, 0.15) is 32.3 Å². The highest BCUT2D eigenvalue weighted by Gasteiger charge is 2.35. The van der Waals surface area contributed by atoms with Gasteiger partial charge >= 0.3 is 12.1 Å². The van der Waals surface area contributed by atoms with Gasteiger partial charge in [0.2, 0.25) is 5.82 Å². The Balaban J connectivity index is 1.60. The van der Waals surface area contributed by atoms with Gasteiger partial charge in [0.1, 0.15) is 5.75 Å². The Morgan fingerprint density at radius 1 is 1.18 bits per heavy atom. The Kier molecular flexibility index (Phi) is 6.27. The number of carboxylic acid groups (broad SMARTS) is 1. The fourth-order valence-corrected chi connectivity index (χ4v) is 3.48. The summed E-state index contributed by atoms with van der Waals surface area (Å²) in [5.41, 5.74) is 0.613. The van der Waals surface area contributed by atoms with Crippen LogP contribution in [0.15, 0.2) is 47.1 Å². The third kappa shape index (κ3) is 5.03. The number of aryl methyl sites for hydroxylation is 1. The fraction of sp³-hybridized carbons (Fsp3) is 0.304. The first-order chi connectivity index (χ1) is 16.1. The van der Waals surface area contributed by atoms with Gasteiger partial charge in [-0.05, 0) is 56.7 Å². The van der Waals surface area contributed by atoms with Crippen molar-refractivity contribution < 1.29 is 32.3 Å². The van der Waals surface area contributed by atoms with Crippen LogP contribution in [-0.2, 0) is 17.5 Å². The van der Waals surface area contributed by atoms with Crippen LogP contribution in [0, 0.1) is 0 Å². The monoisotopic (exact) mass is 474 g/mol. The number of ether oxygens (including phenoxy) is 1. The van der Waals surface area contributed by atoms with Crippen molar-refractivity contribution >= 4 is 16.9 Å². The smallest absolute Gasteiger partial charge is 0.419 e. The van der Waals surface area contributed by atoms with Crippen molar-refractivity contribution in [1.29, 1.82) is 0 Å². The number of alkyl halides is 3. The molecule has 0 spiro atoms. The predicted molar refractivity (Wildman–Crippen MR) is 116 cm³/mol. The third-order valence-electron chi connectivity index (χ3n) is 4.98. The number of benzene rings is 2. The lowest BCUT2D eigenvalue weighted by atomic mass is 10.1. The molecule has 0 bridgehead atoms. The van der Waals surface area contributed by atoms with Crippen LogP contribution in [-0.4, -0.2) is 37.1 Å². The minimum Gasteiger partial charge on any atom is -0.490 e. The number of halogens is 3. The summed E-state index contributed by atoms with van der Waals surface area (Å²) >= 11 is 0. The summed E-state index contributed by atoms with van der Waals surface area (Å²) in [5, 5.41) is 17.8. The molecule has 0 aliphatic rings. The zero-order chi connectivity index (χ0) is 24.5. The summed E-state index contributed by atoms with van der Waals surface area (Å²) in [6.07, 6.45) is -2.89. The largest absolute Gasteiger partial charge is 0.490 e. The van der Waals surface area contributed by atoms with Crippen LogP contribution in [0.2, 0.25) is 0 Å². The third-order valence-corrected chi connectivity index (χ3v) is 4.98. The molecule has 0 aliphatic carbocycles. The van der Waals surface area contributed by atoms with E-state index in [0.717, 1.165) is 17.0 Å². The van der Waals surface area contributed by atoms with Crippen molar-refractivity contribution in [2.45, 2.75) is 45.5 Å². The molecular formula is C23H21F3N4O4. The van der Waals surface area contributed by atoms with Gasteiger partial charge in [-0.3, -0.25) is 9.48 Å². The molecule has 0 aliphatic heterocycles. The number of nitrogens with zero attached hydrogens (tertiary/aromatic N) is 4. The van der Waals surface area contributed by atoms with E-state index in [2.05, 4.69) is 15.2 Å². The predicted octanol–water partition coefficient (Wildman–Crippen LogP) is 5.42. The lowest BCUT2D eigenvalue weighted by molar-refractivity contribution is -0.139. The number of hydrogen-bond donors (Lipinski definition) is 1. The Hall–Kier alpha value is -3.89. The molecule has 2 aromatic heterocycles. The molecule has 1 N–H and O–H groups in total. The summed E-state index contributed by atoms with van der Waals surface area (Å²) in [6.45, 7) is 3.75. The molecule has 2 aromatic carbocycles. The van der Waals surface area contributed by atoms with E-state index in [1.54, 1.807) is 42.9 Å². The first kappa shape index (κ1) is 23.3. The van der Waals surface area contributed by atoms with E-state index >= 15 is 0 Å². The molecule has 4 rings (SSSR count). The highest BCUT2D eigenvalue weighted by Crippen LogP contribution is 2.39. The van der Waals surface area contributed by atoms with Crippen molar-refractivity contribution in [3.63, 3.8) is 0 Å². The highest BCUT2D eigenvalue weighted by atomic mass is 19.4. The molecule has 0 saturated carbocycles. The van der Waals surface area contributed by atoms with E-state index < -0.39 is 23.8 Å². The van der Waals surface area contributed by atoms with E-state index in [-0.39, 0.29) is 29.4 Å². The zero-order valence-electron chi connectivity index (χ0n) is 18.3. The number of carboxylic acids is 1. The molecule has 178 valence electrons. The average molecular weight is 474 g/mol. The molecule has 0 saturated heterocycles.